The van der Waals surface area contributed by atoms with Gasteiger partial charge in [-0.15, -0.1) is 0 Å². The number of rotatable bonds is 6. The zero-order chi connectivity index (χ0) is 22.8. The van der Waals surface area contributed by atoms with Crippen molar-refractivity contribution in [2.45, 2.75) is 24.9 Å². The Bertz CT molecular complexity index is 1070. The number of fused-ring (bicyclic) bond motifs is 2. The molecule has 3 aromatic carbocycles. The Kier molecular flexibility index (Phi) is 5.90. The van der Waals surface area contributed by atoms with Crippen LogP contribution in [0.2, 0.25) is 0 Å². The van der Waals surface area contributed by atoms with Gasteiger partial charge >= 0.3 is 0 Å². The van der Waals surface area contributed by atoms with Crippen molar-refractivity contribution in [3.8, 4) is 0 Å². The summed E-state index contributed by atoms with van der Waals surface area (Å²) in [7, 11) is 0. The van der Waals surface area contributed by atoms with Crippen LogP contribution in [0.1, 0.15) is 30.4 Å². The first-order valence-corrected chi connectivity index (χ1v) is 11.5. The number of ether oxygens (including phenoxy) is 1. The van der Waals surface area contributed by atoms with Crippen LogP contribution in [0.3, 0.4) is 0 Å². The zero-order valence-corrected chi connectivity index (χ0v) is 18.6. The first kappa shape index (κ1) is 21.7. The van der Waals surface area contributed by atoms with E-state index in [1.54, 1.807) is 24.3 Å². The molecule has 33 heavy (non-hydrogen) atoms. The summed E-state index contributed by atoms with van der Waals surface area (Å²) in [6.45, 7) is 7.76. The van der Waals surface area contributed by atoms with E-state index in [1.807, 2.05) is 6.07 Å². The van der Waals surface area contributed by atoms with Gasteiger partial charge in [-0.25, -0.2) is 8.78 Å². The molecule has 2 aliphatic rings. The lowest BCUT2D eigenvalue weighted by molar-refractivity contribution is -0.0127. The molecule has 170 valence electrons. The minimum absolute atomic E-state index is 0.238. The first-order valence-electron chi connectivity index (χ1n) is 11.5. The Morgan fingerprint density at radius 3 is 2.03 bits per heavy atom. The van der Waals surface area contributed by atoms with Gasteiger partial charge in [-0.3, -0.25) is 0 Å². The van der Waals surface area contributed by atoms with Crippen molar-refractivity contribution in [1.29, 1.82) is 0 Å². The van der Waals surface area contributed by atoms with Gasteiger partial charge in [0.25, 0.3) is 0 Å². The number of benzene rings is 3. The molecule has 1 spiro atoms. The van der Waals surface area contributed by atoms with Crippen molar-refractivity contribution < 1.29 is 13.5 Å². The van der Waals surface area contributed by atoms with Gasteiger partial charge in [0.1, 0.15) is 23.0 Å². The second-order valence-electron chi connectivity index (χ2n) is 8.86. The second-order valence-corrected chi connectivity index (χ2v) is 8.86. The highest BCUT2D eigenvalue weighted by Crippen LogP contribution is 2.48. The number of halogens is 2. The average Bonchev–Trinajstić information content (AvgIpc) is 3.11. The third kappa shape index (κ3) is 4.38. The van der Waals surface area contributed by atoms with E-state index >= 15 is 0 Å². The van der Waals surface area contributed by atoms with Gasteiger partial charge < -0.3 is 14.5 Å². The van der Waals surface area contributed by atoms with Gasteiger partial charge in [-0.05, 0) is 61.5 Å². The summed E-state index contributed by atoms with van der Waals surface area (Å²) in [5.41, 5.74) is 3.97. The lowest BCUT2D eigenvalue weighted by atomic mass is 9.83. The highest BCUT2D eigenvalue weighted by atomic mass is 19.1. The van der Waals surface area contributed by atoms with E-state index in [2.05, 4.69) is 34.6 Å². The van der Waals surface area contributed by atoms with Crippen molar-refractivity contribution in [3.63, 3.8) is 0 Å². The maximum Gasteiger partial charge on any atom is 0.137 e. The lowest BCUT2D eigenvalue weighted by Gasteiger charge is -2.39. The van der Waals surface area contributed by atoms with E-state index in [1.165, 1.54) is 29.8 Å². The van der Waals surface area contributed by atoms with Crippen LogP contribution in [0.15, 0.2) is 79.4 Å². The molecule has 0 bridgehead atoms. The van der Waals surface area contributed by atoms with Crippen LogP contribution in [0, 0.1) is 11.6 Å². The number of likely N-dealkylation sites (tertiary alicyclic amines) is 1. The minimum atomic E-state index is -0.265. The molecule has 2 aliphatic heterocycles. The summed E-state index contributed by atoms with van der Waals surface area (Å²) < 4.78 is 33.2. The number of nitrogens with zero attached hydrogens (tertiary/aromatic N) is 2. The molecule has 0 amide bonds. The Labute approximate surface area is 193 Å². The molecule has 3 aromatic rings. The van der Waals surface area contributed by atoms with Crippen molar-refractivity contribution in [2.24, 2.45) is 0 Å². The Morgan fingerprint density at radius 1 is 0.848 bits per heavy atom. The molecule has 0 saturated carbocycles. The molecular weight excluding hydrogens is 418 g/mol. The van der Waals surface area contributed by atoms with Crippen LogP contribution in [-0.2, 0) is 10.3 Å². The molecule has 0 atom stereocenters. The third-order valence-electron chi connectivity index (χ3n) is 6.83. The van der Waals surface area contributed by atoms with Gasteiger partial charge in [-0.2, -0.15) is 0 Å². The highest BCUT2D eigenvalue weighted by Gasteiger charge is 2.44. The van der Waals surface area contributed by atoms with E-state index < -0.39 is 0 Å². The summed E-state index contributed by atoms with van der Waals surface area (Å²) in [6, 6.07) is 21.3. The van der Waals surface area contributed by atoms with Crippen LogP contribution in [0.25, 0.3) is 5.76 Å². The van der Waals surface area contributed by atoms with Crippen molar-refractivity contribution in [3.05, 3.63) is 102 Å². The summed E-state index contributed by atoms with van der Waals surface area (Å²) >= 11 is 0. The summed E-state index contributed by atoms with van der Waals surface area (Å²) in [5, 5.41) is 0. The van der Waals surface area contributed by atoms with Crippen LogP contribution >= 0.6 is 0 Å². The molecule has 0 N–H and O–H groups in total. The molecule has 0 aliphatic carbocycles. The summed E-state index contributed by atoms with van der Waals surface area (Å²) in [4.78, 5) is 4.59. The summed E-state index contributed by atoms with van der Waals surface area (Å²) in [6.07, 6.45) is 2.83. The molecule has 0 radical (unpaired) electrons. The van der Waals surface area contributed by atoms with Crippen LogP contribution in [-0.4, -0.2) is 31.1 Å². The predicted octanol–water partition coefficient (Wildman–Crippen LogP) is 6.49. The second kappa shape index (κ2) is 8.99. The Hall–Kier alpha value is -3.18. The Balaban J connectivity index is 1.22. The molecule has 2 heterocycles. The van der Waals surface area contributed by atoms with E-state index in [4.69, 9.17) is 4.74 Å². The molecule has 0 aromatic heterocycles. The molecule has 3 nitrogen and oxygen atoms in total. The van der Waals surface area contributed by atoms with Crippen LogP contribution in [0.4, 0.5) is 20.2 Å². The van der Waals surface area contributed by atoms with Gasteiger partial charge in [0, 0.05) is 55.0 Å². The largest absolute Gasteiger partial charge is 0.482 e. The summed E-state index contributed by atoms with van der Waals surface area (Å²) in [5.74, 6) is 0.255. The molecule has 5 heteroatoms. The average molecular weight is 447 g/mol. The maximum absolute atomic E-state index is 13.5. The smallest absolute Gasteiger partial charge is 0.137 e. The lowest BCUT2D eigenvalue weighted by Crippen LogP contribution is -2.43. The van der Waals surface area contributed by atoms with E-state index in [-0.39, 0.29) is 17.2 Å². The van der Waals surface area contributed by atoms with Gasteiger partial charge in [-0.1, -0.05) is 30.8 Å². The molecule has 1 saturated heterocycles. The molecule has 1 fully saturated rings. The maximum atomic E-state index is 13.5. The topological polar surface area (TPSA) is 15.7 Å². The molecule has 0 unspecified atom stereocenters. The van der Waals surface area contributed by atoms with Crippen LogP contribution < -0.4 is 4.90 Å². The fourth-order valence-electron chi connectivity index (χ4n) is 5.08. The third-order valence-corrected chi connectivity index (χ3v) is 6.83. The van der Waals surface area contributed by atoms with Crippen molar-refractivity contribution in [2.75, 3.05) is 31.1 Å². The molecule has 5 rings (SSSR count). The highest BCUT2D eigenvalue weighted by molar-refractivity contribution is 5.67. The van der Waals surface area contributed by atoms with Crippen molar-refractivity contribution in [1.82, 2.24) is 4.90 Å². The number of anilines is 2. The normalized spacial score (nSPS) is 17.1. The van der Waals surface area contributed by atoms with E-state index in [0.29, 0.717) is 0 Å². The SMILES string of the molecule is C=C1OC2(CCN(CCCN(c3ccc(F)cc3)c3ccc(F)cc3)CC2)c2ccccc21. The molecular formula is C28H28F2N2O. The van der Waals surface area contributed by atoms with Gasteiger partial charge in [0.2, 0.25) is 0 Å². The number of hydrogen-bond donors (Lipinski definition) is 0. The number of piperidine rings is 1. The fraction of sp³-hybridized carbons (Fsp3) is 0.286. The van der Waals surface area contributed by atoms with E-state index in [0.717, 1.165) is 68.1 Å². The standard InChI is InChI=1S/C28H28F2N2O/c1-21-26-5-2-3-6-27(26)28(33-21)15-19-31(20-16-28)17-4-18-32(24-11-7-22(29)8-12-24)25-13-9-23(30)10-14-25/h2-3,5-14H,1,4,15-20H2. The number of hydrogen-bond acceptors (Lipinski definition) is 3. The predicted molar refractivity (Wildman–Crippen MR) is 128 cm³/mol. The monoisotopic (exact) mass is 446 g/mol. The quantitative estimate of drug-likeness (QED) is 0.431. The van der Waals surface area contributed by atoms with E-state index in [9.17, 15) is 8.78 Å². The Morgan fingerprint density at radius 2 is 1.42 bits per heavy atom. The minimum Gasteiger partial charge on any atom is -0.482 e. The van der Waals surface area contributed by atoms with Gasteiger partial charge in [0.15, 0.2) is 0 Å². The van der Waals surface area contributed by atoms with Gasteiger partial charge in [0.05, 0.1) is 0 Å². The zero-order valence-electron chi connectivity index (χ0n) is 18.6. The van der Waals surface area contributed by atoms with Crippen LogP contribution in [0.5, 0.6) is 0 Å². The van der Waals surface area contributed by atoms with Crippen molar-refractivity contribution >= 4 is 17.1 Å². The fourth-order valence-corrected chi connectivity index (χ4v) is 5.08. The first-order chi connectivity index (χ1) is 16.0.